The molecule has 2 fully saturated rings. The van der Waals surface area contributed by atoms with Crippen LogP contribution >= 0.6 is 21.6 Å². The van der Waals surface area contributed by atoms with E-state index in [0.717, 1.165) is 32.1 Å². The summed E-state index contributed by atoms with van der Waals surface area (Å²) in [5.41, 5.74) is 1.43. The van der Waals surface area contributed by atoms with E-state index in [9.17, 15) is 14.7 Å². The molecule has 0 aromatic carbocycles. The molecule has 330 valence electrons. The lowest BCUT2D eigenvalue weighted by molar-refractivity contribution is -0.216. The van der Waals surface area contributed by atoms with Gasteiger partial charge in [-0.05, 0) is 63.3 Å². The van der Waals surface area contributed by atoms with E-state index in [-0.39, 0.29) is 36.3 Å². The predicted octanol–water partition coefficient (Wildman–Crippen LogP) is 8.36. The number of methoxy groups -OCH3 is 1. The van der Waals surface area contributed by atoms with Crippen LogP contribution in [0.2, 0.25) is 0 Å². The molecule has 0 bridgehead atoms. The van der Waals surface area contributed by atoms with E-state index in [1.54, 1.807) is 27.7 Å². The summed E-state index contributed by atoms with van der Waals surface area (Å²) in [5.74, 6) is 8.62. The van der Waals surface area contributed by atoms with Crippen LogP contribution < -0.4 is 10.6 Å². The van der Waals surface area contributed by atoms with Gasteiger partial charge in [0.1, 0.15) is 6.10 Å². The summed E-state index contributed by atoms with van der Waals surface area (Å²) >= 11 is 0. The quantitative estimate of drug-likeness (QED) is 0.0621. The van der Waals surface area contributed by atoms with Gasteiger partial charge in [-0.2, -0.15) is 0 Å². The summed E-state index contributed by atoms with van der Waals surface area (Å²) in [5, 5.41) is 32.5. The molecule has 3 aliphatic rings. The average molecular weight is 843 g/mol. The molecular weight excluding hydrogens is 765 g/mol. The first-order chi connectivity index (χ1) is 27.4. The van der Waals surface area contributed by atoms with Crippen molar-refractivity contribution in [1.82, 2.24) is 10.6 Å². The normalized spacial score (nSPS) is 23.4. The van der Waals surface area contributed by atoms with Crippen molar-refractivity contribution in [3.63, 3.8) is 0 Å². The van der Waals surface area contributed by atoms with Gasteiger partial charge in [0.2, 0.25) is 0 Å². The Balaban J connectivity index is -0.000000552. The third-order valence-electron chi connectivity index (χ3n) is 7.15. The van der Waals surface area contributed by atoms with Gasteiger partial charge < -0.3 is 39.6 Å². The van der Waals surface area contributed by atoms with Crippen molar-refractivity contribution in [3.05, 3.63) is 47.7 Å². The Bertz CT molecular complexity index is 1220. The lowest BCUT2D eigenvalue weighted by Crippen LogP contribution is -2.41. The fraction of sp³-hybridized carbons (Fsp3) is 0.682. The molecule has 7 atom stereocenters. The van der Waals surface area contributed by atoms with E-state index in [1.807, 2.05) is 62.3 Å². The standard InChI is InChI=1S/C27H35NO6S2.C7H15NO2.C3H6.3C2H6.CH4O/c1-7-8-9-10-11-23(34-24-16-20(29)15-19(5)33-24)25-21(12-13-35-36-17(2)3)18(4)14-22(30)26(25)28-27(31)32-6;1-2-8-6-3-4-7(9)10-5-6;1-3-2;4*1-2/h1,8-9,12,17-20,23-24,29H,13-16H2,2-6H3,(H,28,31);6-9H,2-5H2,1H3;3H,1H2,2H3;3*1-2H3;2H,1H3/b9-8-,21-12-;;;;;;/t18?,19?,20?,23-,24?;;;;;;/m0....../s1. The van der Waals surface area contributed by atoms with Crippen LogP contribution in [0.15, 0.2) is 47.7 Å². The number of Topliss-reactive ketones (excluding diaryl/α,β-unsaturated/α-hetero) is 1. The molecule has 6 unspecified atom stereocenters. The molecule has 0 spiro atoms. The fourth-order valence-corrected chi connectivity index (χ4v) is 6.97. The van der Waals surface area contributed by atoms with Crippen LogP contribution in [-0.4, -0.2) is 103 Å². The van der Waals surface area contributed by atoms with Gasteiger partial charge in [-0.3, -0.25) is 10.1 Å². The molecule has 57 heavy (non-hydrogen) atoms. The first-order valence-electron chi connectivity index (χ1n) is 20.2. The fourth-order valence-electron chi connectivity index (χ4n) is 5.12. The Labute approximate surface area is 355 Å². The third kappa shape index (κ3) is 29.3. The zero-order chi connectivity index (χ0) is 44.8. The Morgan fingerprint density at radius 1 is 1.09 bits per heavy atom. The maximum atomic E-state index is 13.1. The van der Waals surface area contributed by atoms with Gasteiger partial charge in [-0.25, -0.2) is 4.79 Å². The second kappa shape index (κ2) is 41.6. The maximum absolute atomic E-state index is 13.1. The minimum absolute atomic E-state index is 0.0948. The van der Waals surface area contributed by atoms with Gasteiger partial charge in [0, 0.05) is 42.6 Å². The molecule has 2 aliphatic heterocycles. The SMILES string of the molecule is C#C/C=C\C#C[C@H](OC1CC(O)CC(C)O1)C1=C(NC(=O)OC)C(=O)CC(C)/C1=C/CSSC(C)C.C=CC.CC.CC.CC.CCNC1CCC(O)OC1.CO. The molecule has 5 N–H and O–H groups in total. The number of hydrogen-bond acceptors (Lipinski definition) is 12. The second-order valence-electron chi connectivity index (χ2n) is 11.9. The molecule has 0 radical (unpaired) electrons. The van der Waals surface area contributed by atoms with Crippen LogP contribution in [0, 0.1) is 30.1 Å². The van der Waals surface area contributed by atoms with Gasteiger partial charge >= 0.3 is 6.09 Å². The highest BCUT2D eigenvalue weighted by molar-refractivity contribution is 8.77. The zero-order valence-electron chi connectivity index (χ0n) is 37.5. The molecule has 0 saturated carbocycles. The highest BCUT2D eigenvalue weighted by Gasteiger charge is 2.37. The van der Waals surface area contributed by atoms with Crippen molar-refractivity contribution >= 4 is 33.5 Å². The monoisotopic (exact) mass is 843 g/mol. The van der Waals surface area contributed by atoms with Gasteiger partial charge in [0.25, 0.3) is 0 Å². The number of amides is 1. The van der Waals surface area contributed by atoms with Crippen LogP contribution in [0.25, 0.3) is 0 Å². The maximum Gasteiger partial charge on any atom is 0.411 e. The highest BCUT2D eigenvalue weighted by atomic mass is 33.1. The summed E-state index contributed by atoms with van der Waals surface area (Å²) in [6.07, 6.45) is 11.1. The predicted molar refractivity (Wildman–Crippen MR) is 242 cm³/mol. The van der Waals surface area contributed by atoms with Crippen LogP contribution in [-0.2, 0) is 23.7 Å². The molecule has 2 heterocycles. The molecule has 11 nitrogen and oxygen atoms in total. The minimum Gasteiger partial charge on any atom is -0.453 e. The smallest absolute Gasteiger partial charge is 0.411 e. The molecule has 0 aromatic rings. The number of aliphatic hydroxyl groups is 3. The van der Waals surface area contributed by atoms with Crippen molar-refractivity contribution in [2.24, 2.45) is 5.92 Å². The van der Waals surface area contributed by atoms with Crippen molar-refractivity contribution < 1.29 is 43.9 Å². The largest absolute Gasteiger partial charge is 0.453 e. The topological polar surface area (TPSA) is 156 Å². The van der Waals surface area contributed by atoms with E-state index in [2.05, 4.69) is 61.8 Å². The number of carbonyl (C=O) groups excluding carboxylic acids is 2. The Hall–Kier alpha value is -2.56. The van der Waals surface area contributed by atoms with Gasteiger partial charge in [-0.1, -0.05) is 121 Å². The number of alkyl carbamates (subject to hydrolysis) is 1. The van der Waals surface area contributed by atoms with Crippen molar-refractivity contribution in [2.45, 2.75) is 157 Å². The number of nitrogens with one attached hydrogen (secondary N) is 2. The molecule has 1 amide bonds. The number of aliphatic hydroxyl groups excluding tert-OH is 3. The Kier molecular flexibility index (Phi) is 44.6. The molecule has 2 saturated heterocycles. The first-order valence-corrected chi connectivity index (χ1v) is 22.6. The zero-order valence-corrected chi connectivity index (χ0v) is 39.1. The number of ketones is 1. The van der Waals surface area contributed by atoms with Crippen LogP contribution in [0.5, 0.6) is 0 Å². The number of ether oxygens (including phenoxy) is 4. The van der Waals surface area contributed by atoms with E-state index in [0.29, 0.717) is 35.6 Å². The number of terminal acetylenes is 1. The number of hydrogen-bond donors (Lipinski definition) is 5. The van der Waals surface area contributed by atoms with E-state index in [4.69, 9.17) is 35.6 Å². The summed E-state index contributed by atoms with van der Waals surface area (Å²) in [7, 11) is 5.70. The third-order valence-corrected chi connectivity index (χ3v) is 9.95. The molecule has 3 rings (SSSR count). The van der Waals surface area contributed by atoms with Crippen molar-refractivity contribution in [1.29, 1.82) is 0 Å². The molecule has 1 aliphatic carbocycles. The number of allylic oxidation sites excluding steroid dienone is 4. The molecular formula is C44H78N2O9S2. The highest BCUT2D eigenvalue weighted by Crippen LogP contribution is 2.37. The minimum atomic E-state index is -0.928. The number of rotatable bonds is 10. The summed E-state index contributed by atoms with van der Waals surface area (Å²) in [4.78, 5) is 25.3. The number of carbonyl (C=O) groups is 2. The summed E-state index contributed by atoms with van der Waals surface area (Å²) < 4.78 is 22.0. The van der Waals surface area contributed by atoms with Crippen molar-refractivity contribution in [2.75, 3.05) is 33.1 Å². The van der Waals surface area contributed by atoms with E-state index >= 15 is 0 Å². The van der Waals surface area contributed by atoms with Crippen molar-refractivity contribution in [3.8, 4) is 24.2 Å². The lowest BCUT2D eigenvalue weighted by Gasteiger charge is -2.35. The van der Waals surface area contributed by atoms with Gasteiger partial charge in [0.05, 0.1) is 31.6 Å². The molecule has 0 aromatic heterocycles. The van der Waals surface area contributed by atoms with Gasteiger partial charge in [0.15, 0.2) is 18.4 Å². The second-order valence-corrected chi connectivity index (χ2v) is 14.8. The van der Waals surface area contributed by atoms with Crippen LogP contribution in [0.4, 0.5) is 4.79 Å². The number of likely N-dealkylation sites (N-methyl/N-ethyl adjacent to an activating group) is 1. The summed E-state index contributed by atoms with van der Waals surface area (Å²) in [6, 6.07) is 0.452. The van der Waals surface area contributed by atoms with Crippen LogP contribution in [0.1, 0.15) is 115 Å². The van der Waals surface area contributed by atoms with Gasteiger partial charge in [-0.15, -0.1) is 13.0 Å². The first kappa shape index (κ1) is 61.1. The summed E-state index contributed by atoms with van der Waals surface area (Å²) in [6.45, 7) is 29.0. The molecule has 13 heteroatoms. The average Bonchev–Trinajstić information content (AvgIpc) is 3.20. The Morgan fingerprint density at radius 2 is 1.70 bits per heavy atom. The Morgan fingerprint density at radius 3 is 2.19 bits per heavy atom. The van der Waals surface area contributed by atoms with E-state index in [1.165, 1.54) is 19.3 Å². The lowest BCUT2D eigenvalue weighted by atomic mass is 9.79. The van der Waals surface area contributed by atoms with Crippen LogP contribution in [0.3, 0.4) is 0 Å². The van der Waals surface area contributed by atoms with E-state index < -0.39 is 30.9 Å².